The zero-order valence-electron chi connectivity index (χ0n) is 19.0. The van der Waals surface area contributed by atoms with E-state index in [1.54, 1.807) is 31.2 Å². The quantitative estimate of drug-likeness (QED) is 0.689. The Labute approximate surface area is 197 Å². The van der Waals surface area contributed by atoms with E-state index in [-0.39, 0.29) is 48.5 Å². The summed E-state index contributed by atoms with van der Waals surface area (Å²) in [6.45, 7) is 6.38. The van der Waals surface area contributed by atoms with Gasteiger partial charge in [0.1, 0.15) is 18.1 Å². The Balaban J connectivity index is 1.81. The highest BCUT2D eigenvalue weighted by Crippen LogP contribution is 2.24. The number of nitrogens with one attached hydrogen (secondary N) is 2. The molecule has 2 heterocycles. The van der Waals surface area contributed by atoms with Crippen LogP contribution in [0.1, 0.15) is 53.3 Å². The van der Waals surface area contributed by atoms with Gasteiger partial charge in [0, 0.05) is 24.2 Å². The molecule has 0 unspecified atom stereocenters. The maximum absolute atomic E-state index is 12.9. The lowest BCUT2D eigenvalue weighted by Gasteiger charge is -2.26. The van der Waals surface area contributed by atoms with E-state index in [9.17, 15) is 14.4 Å². The molecular weight excluding hydrogens is 448 g/mol. The number of hydrogen-bond acceptors (Lipinski definition) is 6. The molecule has 10 heteroatoms. The minimum absolute atomic E-state index is 0.0524. The van der Waals surface area contributed by atoms with Gasteiger partial charge in [0.05, 0.1) is 18.2 Å². The number of carbonyl (C=O) groups is 3. The lowest BCUT2D eigenvalue weighted by atomic mass is 10.1. The van der Waals surface area contributed by atoms with Crippen LogP contribution in [-0.4, -0.2) is 60.1 Å². The number of amides is 3. The summed E-state index contributed by atoms with van der Waals surface area (Å²) in [7, 11) is 0. The molecule has 0 bridgehead atoms. The third-order valence-corrected chi connectivity index (χ3v) is 5.60. The standard InChI is InChI=1S/C23H29ClN4O5/c1-14(2)19-13-32-20-7-6-16(24)11-17(20)22(30)25-8-4-5-9-28(12-21(29)26-19)23(31)18-10-15(3)33-27-18/h6-7,10-11,14,19H,4-5,8-9,12-13H2,1-3H3,(H,25,30)(H,26,29)/t19-/m1/s1. The van der Waals surface area contributed by atoms with E-state index < -0.39 is 0 Å². The van der Waals surface area contributed by atoms with Crippen molar-refractivity contribution in [3.63, 3.8) is 0 Å². The molecule has 33 heavy (non-hydrogen) atoms. The summed E-state index contributed by atoms with van der Waals surface area (Å²) in [5.41, 5.74) is 0.493. The number of ether oxygens (including phenoxy) is 1. The topological polar surface area (TPSA) is 114 Å². The largest absolute Gasteiger partial charge is 0.491 e. The molecule has 3 amide bonds. The van der Waals surface area contributed by atoms with Gasteiger partial charge in [-0.25, -0.2) is 0 Å². The van der Waals surface area contributed by atoms with Gasteiger partial charge >= 0.3 is 0 Å². The number of hydrogen-bond donors (Lipinski definition) is 2. The molecule has 0 aliphatic carbocycles. The second-order valence-electron chi connectivity index (χ2n) is 8.38. The molecule has 1 aliphatic rings. The van der Waals surface area contributed by atoms with Crippen LogP contribution in [-0.2, 0) is 4.79 Å². The molecule has 0 fully saturated rings. The monoisotopic (exact) mass is 476 g/mol. The maximum atomic E-state index is 12.9. The van der Waals surface area contributed by atoms with Crippen molar-refractivity contribution < 1.29 is 23.6 Å². The first-order chi connectivity index (χ1) is 15.7. The molecular formula is C23H29ClN4O5. The molecule has 0 saturated carbocycles. The van der Waals surface area contributed by atoms with E-state index in [1.807, 2.05) is 13.8 Å². The number of aromatic nitrogens is 1. The fourth-order valence-corrected chi connectivity index (χ4v) is 3.59. The lowest BCUT2D eigenvalue weighted by molar-refractivity contribution is -0.123. The third kappa shape index (κ3) is 6.71. The van der Waals surface area contributed by atoms with Crippen molar-refractivity contribution in [2.24, 2.45) is 5.92 Å². The van der Waals surface area contributed by atoms with Crippen molar-refractivity contribution in [3.05, 3.63) is 46.3 Å². The van der Waals surface area contributed by atoms with Crippen molar-refractivity contribution in [2.45, 2.75) is 39.7 Å². The summed E-state index contributed by atoms with van der Waals surface area (Å²) in [5, 5.41) is 10.0. The number of carbonyl (C=O) groups excluding carboxylic acids is 3. The summed E-state index contributed by atoms with van der Waals surface area (Å²) in [6.07, 6.45) is 1.20. The van der Waals surface area contributed by atoms with Crippen molar-refractivity contribution in [1.82, 2.24) is 20.7 Å². The van der Waals surface area contributed by atoms with Crippen LogP contribution in [0.15, 0.2) is 28.8 Å². The normalized spacial score (nSPS) is 18.5. The van der Waals surface area contributed by atoms with Gasteiger partial charge in [-0.05, 0) is 43.9 Å². The van der Waals surface area contributed by atoms with E-state index in [0.29, 0.717) is 48.0 Å². The van der Waals surface area contributed by atoms with Crippen molar-refractivity contribution in [2.75, 3.05) is 26.2 Å². The number of benzene rings is 1. The van der Waals surface area contributed by atoms with Crippen LogP contribution in [0.4, 0.5) is 0 Å². The summed E-state index contributed by atoms with van der Waals surface area (Å²) in [4.78, 5) is 39.9. The van der Waals surface area contributed by atoms with E-state index >= 15 is 0 Å². The highest BCUT2D eigenvalue weighted by molar-refractivity contribution is 6.31. The van der Waals surface area contributed by atoms with Crippen LogP contribution in [0.3, 0.4) is 0 Å². The summed E-state index contributed by atoms with van der Waals surface area (Å²) >= 11 is 6.09. The van der Waals surface area contributed by atoms with Gasteiger partial charge in [0.25, 0.3) is 11.8 Å². The molecule has 2 N–H and O–H groups in total. The average Bonchev–Trinajstić information content (AvgIpc) is 3.20. The van der Waals surface area contributed by atoms with Crippen LogP contribution < -0.4 is 15.4 Å². The minimum Gasteiger partial charge on any atom is -0.491 e. The number of rotatable bonds is 2. The van der Waals surface area contributed by atoms with Crippen LogP contribution in [0, 0.1) is 12.8 Å². The van der Waals surface area contributed by atoms with E-state index in [2.05, 4.69) is 15.8 Å². The zero-order valence-corrected chi connectivity index (χ0v) is 19.8. The Bertz CT molecular complexity index is 1010. The molecule has 178 valence electrons. The molecule has 0 radical (unpaired) electrons. The number of aryl methyl sites for hydroxylation is 1. The second-order valence-corrected chi connectivity index (χ2v) is 8.82. The SMILES string of the molecule is Cc1cc(C(=O)N2CCCCNC(=O)c3cc(Cl)ccc3OC[C@H](C(C)C)NC(=O)C2)no1. The molecule has 1 aromatic carbocycles. The Morgan fingerprint density at radius 3 is 2.73 bits per heavy atom. The van der Waals surface area contributed by atoms with Crippen LogP contribution in [0.5, 0.6) is 5.75 Å². The smallest absolute Gasteiger partial charge is 0.276 e. The van der Waals surface area contributed by atoms with E-state index in [0.717, 1.165) is 0 Å². The lowest BCUT2D eigenvalue weighted by Crippen LogP contribution is -2.48. The first-order valence-corrected chi connectivity index (χ1v) is 11.3. The molecule has 3 rings (SSSR count). The molecule has 0 saturated heterocycles. The molecule has 1 aliphatic heterocycles. The highest BCUT2D eigenvalue weighted by atomic mass is 35.5. The fraction of sp³-hybridized carbons (Fsp3) is 0.478. The van der Waals surface area contributed by atoms with Crippen molar-refractivity contribution in [3.8, 4) is 5.75 Å². The molecule has 1 aromatic heterocycles. The molecule has 2 aromatic rings. The van der Waals surface area contributed by atoms with Gasteiger partial charge in [0.2, 0.25) is 5.91 Å². The van der Waals surface area contributed by atoms with Crippen LogP contribution in [0.25, 0.3) is 0 Å². The van der Waals surface area contributed by atoms with E-state index in [1.165, 1.54) is 4.90 Å². The second kappa shape index (κ2) is 11.2. The van der Waals surface area contributed by atoms with Crippen molar-refractivity contribution in [1.29, 1.82) is 0 Å². The summed E-state index contributed by atoms with van der Waals surface area (Å²) in [5.74, 6) is -0.0125. The first-order valence-electron chi connectivity index (χ1n) is 11.0. The summed E-state index contributed by atoms with van der Waals surface area (Å²) < 4.78 is 10.9. The van der Waals surface area contributed by atoms with Gasteiger partial charge in [-0.2, -0.15) is 0 Å². The fourth-order valence-electron chi connectivity index (χ4n) is 3.42. The predicted octanol–water partition coefficient (Wildman–Crippen LogP) is 2.82. The van der Waals surface area contributed by atoms with Crippen LogP contribution in [0.2, 0.25) is 5.02 Å². The molecule has 9 nitrogen and oxygen atoms in total. The summed E-state index contributed by atoms with van der Waals surface area (Å²) in [6, 6.07) is 6.08. The number of halogens is 1. The number of nitrogens with zero attached hydrogens (tertiary/aromatic N) is 2. The maximum Gasteiger partial charge on any atom is 0.276 e. The Morgan fingerprint density at radius 1 is 1.24 bits per heavy atom. The van der Waals surface area contributed by atoms with E-state index in [4.69, 9.17) is 20.9 Å². The Kier molecular flexibility index (Phi) is 8.32. The zero-order chi connectivity index (χ0) is 24.0. The van der Waals surface area contributed by atoms with Gasteiger partial charge in [-0.1, -0.05) is 30.6 Å². The third-order valence-electron chi connectivity index (χ3n) is 5.36. The molecule has 0 spiro atoms. The Morgan fingerprint density at radius 2 is 2.03 bits per heavy atom. The van der Waals surface area contributed by atoms with Gasteiger partial charge in [-0.15, -0.1) is 0 Å². The minimum atomic E-state index is -0.380. The van der Waals surface area contributed by atoms with Crippen LogP contribution >= 0.6 is 11.6 Å². The van der Waals surface area contributed by atoms with Gasteiger partial charge < -0.3 is 24.8 Å². The predicted molar refractivity (Wildman–Crippen MR) is 122 cm³/mol. The average molecular weight is 477 g/mol. The highest BCUT2D eigenvalue weighted by Gasteiger charge is 2.25. The first kappa shape index (κ1) is 24.6. The van der Waals surface area contributed by atoms with Crippen molar-refractivity contribution >= 4 is 29.3 Å². The van der Waals surface area contributed by atoms with Gasteiger partial charge in [0.15, 0.2) is 5.69 Å². The Hall–Kier alpha value is -3.07. The molecule has 1 atom stereocenters. The van der Waals surface area contributed by atoms with Gasteiger partial charge in [-0.3, -0.25) is 14.4 Å². The number of fused-ring (bicyclic) bond motifs is 1.